The van der Waals surface area contributed by atoms with Gasteiger partial charge < -0.3 is 5.32 Å². The third-order valence-electron chi connectivity index (χ3n) is 4.39. The highest BCUT2D eigenvalue weighted by atomic mass is 16.1. The standard InChI is InChI=1S/C21H23N3O/c1-14-5-9-18(10-6-14)13-24-17(4)20(16(3)23-24)22-21(25)19-11-7-15(2)8-12-19/h5-12H,13H2,1-4H3,(H,22,25). The van der Waals surface area contributed by atoms with E-state index in [-0.39, 0.29) is 5.91 Å². The number of rotatable bonds is 4. The second-order valence-electron chi connectivity index (χ2n) is 6.51. The normalized spacial score (nSPS) is 10.7. The monoisotopic (exact) mass is 333 g/mol. The SMILES string of the molecule is Cc1ccc(Cn2nc(C)c(NC(=O)c3ccc(C)cc3)c2C)cc1. The summed E-state index contributed by atoms with van der Waals surface area (Å²) in [6.07, 6.45) is 0. The smallest absolute Gasteiger partial charge is 0.255 e. The molecule has 2 aromatic carbocycles. The number of carbonyl (C=O) groups excluding carboxylic acids is 1. The van der Waals surface area contributed by atoms with E-state index in [1.807, 2.05) is 49.7 Å². The lowest BCUT2D eigenvalue weighted by molar-refractivity contribution is 0.102. The first kappa shape index (κ1) is 17.0. The Balaban J connectivity index is 1.80. The van der Waals surface area contributed by atoms with Gasteiger partial charge in [-0.1, -0.05) is 47.5 Å². The van der Waals surface area contributed by atoms with Crippen LogP contribution in [0.15, 0.2) is 48.5 Å². The van der Waals surface area contributed by atoms with E-state index in [0.29, 0.717) is 12.1 Å². The Hall–Kier alpha value is -2.88. The third-order valence-corrected chi connectivity index (χ3v) is 4.39. The number of hydrogen-bond donors (Lipinski definition) is 1. The highest BCUT2D eigenvalue weighted by Gasteiger charge is 2.15. The molecule has 0 aliphatic carbocycles. The van der Waals surface area contributed by atoms with E-state index in [4.69, 9.17) is 0 Å². The number of nitrogens with one attached hydrogen (secondary N) is 1. The summed E-state index contributed by atoms with van der Waals surface area (Å²) in [5.41, 5.74) is 6.78. The molecular weight excluding hydrogens is 310 g/mol. The lowest BCUT2D eigenvalue weighted by Crippen LogP contribution is -2.13. The minimum absolute atomic E-state index is 0.110. The molecule has 25 heavy (non-hydrogen) atoms. The number of benzene rings is 2. The topological polar surface area (TPSA) is 46.9 Å². The van der Waals surface area contributed by atoms with E-state index in [0.717, 1.165) is 22.6 Å². The molecule has 0 saturated carbocycles. The predicted octanol–water partition coefficient (Wildman–Crippen LogP) is 4.42. The molecule has 0 saturated heterocycles. The van der Waals surface area contributed by atoms with Crippen molar-refractivity contribution in [2.24, 2.45) is 0 Å². The second-order valence-corrected chi connectivity index (χ2v) is 6.51. The van der Waals surface area contributed by atoms with Crippen LogP contribution in [0.25, 0.3) is 0 Å². The van der Waals surface area contributed by atoms with E-state index in [1.165, 1.54) is 11.1 Å². The molecule has 4 nitrogen and oxygen atoms in total. The van der Waals surface area contributed by atoms with Gasteiger partial charge in [0.2, 0.25) is 0 Å². The van der Waals surface area contributed by atoms with Crippen LogP contribution in [0.4, 0.5) is 5.69 Å². The van der Waals surface area contributed by atoms with Gasteiger partial charge in [-0.15, -0.1) is 0 Å². The average Bonchev–Trinajstić information content (AvgIpc) is 2.85. The van der Waals surface area contributed by atoms with Crippen molar-refractivity contribution < 1.29 is 4.79 Å². The quantitative estimate of drug-likeness (QED) is 0.768. The number of carbonyl (C=O) groups is 1. The molecule has 0 aliphatic heterocycles. The van der Waals surface area contributed by atoms with Crippen LogP contribution in [0.1, 0.15) is 38.4 Å². The van der Waals surface area contributed by atoms with Crippen molar-refractivity contribution in [2.45, 2.75) is 34.2 Å². The highest BCUT2D eigenvalue weighted by Crippen LogP contribution is 2.21. The molecule has 1 N–H and O–H groups in total. The van der Waals surface area contributed by atoms with Gasteiger partial charge in [0, 0.05) is 5.56 Å². The van der Waals surface area contributed by atoms with Crippen LogP contribution in [-0.4, -0.2) is 15.7 Å². The van der Waals surface area contributed by atoms with Crippen LogP contribution >= 0.6 is 0 Å². The number of hydrogen-bond acceptors (Lipinski definition) is 2. The number of aryl methyl sites for hydroxylation is 3. The first-order valence-electron chi connectivity index (χ1n) is 8.41. The molecule has 0 unspecified atom stereocenters. The third kappa shape index (κ3) is 3.79. The van der Waals surface area contributed by atoms with Gasteiger partial charge in [0.1, 0.15) is 0 Å². The molecule has 4 heteroatoms. The number of nitrogens with zero attached hydrogens (tertiary/aromatic N) is 2. The van der Waals surface area contributed by atoms with Crippen LogP contribution in [0.5, 0.6) is 0 Å². The fourth-order valence-electron chi connectivity index (χ4n) is 2.79. The predicted molar refractivity (Wildman–Crippen MR) is 101 cm³/mol. The van der Waals surface area contributed by atoms with E-state index in [9.17, 15) is 4.79 Å². The Morgan fingerprint density at radius 1 is 0.920 bits per heavy atom. The summed E-state index contributed by atoms with van der Waals surface area (Å²) in [6.45, 7) is 8.67. The first-order valence-corrected chi connectivity index (χ1v) is 8.41. The fraction of sp³-hybridized carbons (Fsp3) is 0.238. The maximum absolute atomic E-state index is 12.5. The number of amides is 1. The van der Waals surface area contributed by atoms with Gasteiger partial charge in [-0.3, -0.25) is 9.48 Å². The van der Waals surface area contributed by atoms with Gasteiger partial charge in [0.15, 0.2) is 0 Å². The molecule has 0 spiro atoms. The van der Waals surface area contributed by atoms with Crippen molar-refractivity contribution in [1.29, 1.82) is 0 Å². The van der Waals surface area contributed by atoms with Crippen LogP contribution in [-0.2, 0) is 6.54 Å². The Kier molecular flexibility index (Phi) is 4.70. The van der Waals surface area contributed by atoms with Crippen LogP contribution in [0.2, 0.25) is 0 Å². The Labute approximate surface area is 148 Å². The Bertz CT molecular complexity index is 890. The molecule has 0 fully saturated rings. The maximum Gasteiger partial charge on any atom is 0.255 e. The van der Waals surface area contributed by atoms with Crippen molar-refractivity contribution in [3.8, 4) is 0 Å². The summed E-state index contributed by atoms with van der Waals surface area (Å²) in [4.78, 5) is 12.5. The van der Waals surface area contributed by atoms with E-state index in [1.54, 1.807) is 0 Å². The Morgan fingerprint density at radius 3 is 2.08 bits per heavy atom. The number of anilines is 1. The van der Waals surface area contributed by atoms with Crippen LogP contribution < -0.4 is 5.32 Å². The van der Waals surface area contributed by atoms with Gasteiger partial charge in [0.05, 0.1) is 23.6 Å². The van der Waals surface area contributed by atoms with Gasteiger partial charge in [0.25, 0.3) is 5.91 Å². The highest BCUT2D eigenvalue weighted by molar-refractivity contribution is 6.04. The summed E-state index contributed by atoms with van der Waals surface area (Å²) >= 11 is 0. The largest absolute Gasteiger partial charge is 0.319 e. The molecule has 128 valence electrons. The van der Waals surface area contributed by atoms with Gasteiger partial charge >= 0.3 is 0 Å². The summed E-state index contributed by atoms with van der Waals surface area (Å²) in [5, 5.41) is 7.60. The summed E-state index contributed by atoms with van der Waals surface area (Å²) in [7, 11) is 0. The van der Waals surface area contributed by atoms with Crippen molar-refractivity contribution in [1.82, 2.24) is 9.78 Å². The molecule has 0 aliphatic rings. The van der Waals surface area contributed by atoms with Crippen molar-refractivity contribution in [3.05, 3.63) is 82.2 Å². The molecule has 1 heterocycles. The molecule has 1 amide bonds. The van der Waals surface area contributed by atoms with E-state index >= 15 is 0 Å². The zero-order valence-electron chi connectivity index (χ0n) is 15.1. The molecule has 1 aromatic heterocycles. The summed E-state index contributed by atoms with van der Waals surface area (Å²) < 4.78 is 1.94. The van der Waals surface area contributed by atoms with Gasteiger partial charge in [-0.05, 0) is 45.4 Å². The molecule has 0 bridgehead atoms. The lowest BCUT2D eigenvalue weighted by atomic mass is 10.1. The van der Waals surface area contributed by atoms with Crippen LogP contribution in [0, 0.1) is 27.7 Å². The van der Waals surface area contributed by atoms with Crippen LogP contribution in [0.3, 0.4) is 0 Å². The van der Waals surface area contributed by atoms with Crippen molar-refractivity contribution in [2.75, 3.05) is 5.32 Å². The van der Waals surface area contributed by atoms with Crippen molar-refractivity contribution in [3.63, 3.8) is 0 Å². The molecule has 0 radical (unpaired) electrons. The molecule has 3 aromatic rings. The first-order chi connectivity index (χ1) is 11.9. The molecule has 3 rings (SSSR count). The zero-order valence-corrected chi connectivity index (χ0v) is 15.1. The average molecular weight is 333 g/mol. The van der Waals surface area contributed by atoms with E-state index < -0.39 is 0 Å². The minimum atomic E-state index is -0.110. The summed E-state index contributed by atoms with van der Waals surface area (Å²) in [5.74, 6) is -0.110. The molecular formula is C21H23N3O. The van der Waals surface area contributed by atoms with E-state index in [2.05, 4.69) is 41.6 Å². The maximum atomic E-state index is 12.5. The number of aromatic nitrogens is 2. The van der Waals surface area contributed by atoms with Crippen molar-refractivity contribution >= 4 is 11.6 Å². The minimum Gasteiger partial charge on any atom is -0.319 e. The lowest BCUT2D eigenvalue weighted by Gasteiger charge is -2.08. The fourth-order valence-corrected chi connectivity index (χ4v) is 2.79. The van der Waals surface area contributed by atoms with Gasteiger partial charge in [-0.25, -0.2) is 0 Å². The zero-order chi connectivity index (χ0) is 18.0. The molecule has 0 atom stereocenters. The second kappa shape index (κ2) is 6.93. The van der Waals surface area contributed by atoms with Gasteiger partial charge in [-0.2, -0.15) is 5.10 Å². The Morgan fingerprint density at radius 2 is 1.48 bits per heavy atom. The summed E-state index contributed by atoms with van der Waals surface area (Å²) in [6, 6.07) is 16.0.